The second-order valence-electron chi connectivity index (χ2n) is 5.13. The fraction of sp³-hybridized carbons (Fsp3) is 0.333. The van der Waals surface area contributed by atoms with Crippen LogP contribution in [0.1, 0.15) is 17.8 Å². The lowest BCUT2D eigenvalue weighted by molar-refractivity contribution is -0.142. The lowest BCUT2D eigenvalue weighted by atomic mass is 10.2. The number of alkyl halides is 2. The minimum atomic E-state index is -2.83. The molecular formula is C15H16F2N4O3. The number of nitrogens with one attached hydrogen (secondary N) is 1. The van der Waals surface area contributed by atoms with Crippen molar-refractivity contribution < 1.29 is 23.5 Å². The zero-order valence-electron chi connectivity index (χ0n) is 12.8. The highest BCUT2D eigenvalue weighted by molar-refractivity contribution is 5.84. The Morgan fingerprint density at radius 1 is 1.29 bits per heavy atom. The van der Waals surface area contributed by atoms with Crippen LogP contribution in [0.4, 0.5) is 8.78 Å². The average Bonchev–Trinajstić information content (AvgIpc) is 2.88. The molecule has 2 aromatic rings. The van der Waals surface area contributed by atoms with E-state index in [1.54, 1.807) is 6.92 Å². The molecule has 1 heterocycles. The molecule has 0 spiro atoms. The van der Waals surface area contributed by atoms with E-state index in [-0.39, 0.29) is 6.42 Å². The number of carboxylic acids is 1. The molecule has 0 aliphatic rings. The lowest BCUT2D eigenvalue weighted by Gasteiger charge is -2.13. The van der Waals surface area contributed by atoms with Gasteiger partial charge in [-0.2, -0.15) is 0 Å². The van der Waals surface area contributed by atoms with Gasteiger partial charge in [-0.3, -0.25) is 4.79 Å². The van der Waals surface area contributed by atoms with E-state index in [2.05, 4.69) is 15.6 Å². The summed E-state index contributed by atoms with van der Waals surface area (Å²) in [6.45, 7) is 1.71. The van der Waals surface area contributed by atoms with Gasteiger partial charge in [0.05, 0.1) is 23.5 Å². The van der Waals surface area contributed by atoms with Crippen LogP contribution < -0.4 is 5.32 Å². The maximum absolute atomic E-state index is 12.3. The van der Waals surface area contributed by atoms with E-state index in [0.717, 1.165) is 5.69 Å². The van der Waals surface area contributed by atoms with Crippen molar-refractivity contribution in [1.29, 1.82) is 0 Å². The number of carboxylic acid groups (broad SMARTS) is 1. The zero-order chi connectivity index (χ0) is 17.7. The number of halogens is 2. The lowest BCUT2D eigenvalue weighted by Crippen LogP contribution is -2.42. The molecule has 1 amide bonds. The number of aromatic nitrogens is 3. The van der Waals surface area contributed by atoms with Crippen LogP contribution in [0.2, 0.25) is 0 Å². The summed E-state index contributed by atoms with van der Waals surface area (Å²) in [4.78, 5) is 22.8. The van der Waals surface area contributed by atoms with Crippen LogP contribution in [0, 0.1) is 6.92 Å². The smallest absolute Gasteiger partial charge is 0.326 e. The van der Waals surface area contributed by atoms with E-state index < -0.39 is 30.8 Å². The van der Waals surface area contributed by atoms with Gasteiger partial charge >= 0.3 is 5.97 Å². The first-order valence-electron chi connectivity index (χ1n) is 7.15. The first-order chi connectivity index (χ1) is 11.4. The summed E-state index contributed by atoms with van der Waals surface area (Å²) < 4.78 is 26.2. The molecule has 1 aromatic carbocycles. The molecule has 2 N–H and O–H groups in total. The number of para-hydroxylation sites is 1. The van der Waals surface area contributed by atoms with E-state index >= 15 is 0 Å². The van der Waals surface area contributed by atoms with Crippen molar-refractivity contribution in [3.05, 3.63) is 41.7 Å². The van der Waals surface area contributed by atoms with Crippen molar-refractivity contribution in [3.63, 3.8) is 0 Å². The van der Waals surface area contributed by atoms with Crippen LogP contribution in [0.25, 0.3) is 5.69 Å². The molecule has 1 atom stereocenters. The molecule has 0 bridgehead atoms. The summed E-state index contributed by atoms with van der Waals surface area (Å²) in [5.41, 5.74) is 1.71. The Kier molecular flexibility index (Phi) is 5.56. The van der Waals surface area contributed by atoms with Crippen LogP contribution in [0.3, 0.4) is 0 Å². The number of hydrogen-bond donors (Lipinski definition) is 2. The van der Waals surface area contributed by atoms with Gasteiger partial charge in [0.1, 0.15) is 6.04 Å². The molecule has 7 nitrogen and oxygen atoms in total. The second-order valence-corrected chi connectivity index (χ2v) is 5.13. The minimum absolute atomic E-state index is 0.244. The largest absolute Gasteiger partial charge is 0.480 e. The molecule has 0 saturated carbocycles. The molecule has 0 aliphatic carbocycles. The number of carbonyl (C=O) groups excluding carboxylic acids is 1. The van der Waals surface area contributed by atoms with Crippen molar-refractivity contribution in [2.75, 3.05) is 0 Å². The standard InChI is InChI=1S/C15H16F2N4O3/c1-9-11(19-20-21(9)10-5-3-2-4-6-10)8-14(22)18-12(15(23)24)7-13(16)17/h2-6,12-13H,7-8H2,1H3,(H,18,22)(H,23,24). The Morgan fingerprint density at radius 2 is 1.96 bits per heavy atom. The summed E-state index contributed by atoms with van der Waals surface area (Å²) in [6.07, 6.45) is -4.02. The fourth-order valence-electron chi connectivity index (χ4n) is 2.14. The first-order valence-corrected chi connectivity index (χ1v) is 7.15. The Labute approximate surface area is 136 Å². The number of benzene rings is 1. The number of hydrogen-bond acceptors (Lipinski definition) is 4. The van der Waals surface area contributed by atoms with Crippen LogP contribution in [-0.4, -0.2) is 44.4 Å². The molecule has 0 aliphatic heterocycles. The quantitative estimate of drug-likeness (QED) is 0.794. The molecular weight excluding hydrogens is 322 g/mol. The zero-order valence-corrected chi connectivity index (χ0v) is 12.8. The highest BCUT2D eigenvalue weighted by Gasteiger charge is 2.25. The van der Waals surface area contributed by atoms with Gasteiger partial charge in [-0.1, -0.05) is 23.4 Å². The third kappa shape index (κ3) is 4.34. The van der Waals surface area contributed by atoms with E-state index in [9.17, 15) is 18.4 Å². The highest BCUT2D eigenvalue weighted by atomic mass is 19.3. The Hall–Kier alpha value is -2.84. The maximum Gasteiger partial charge on any atom is 0.326 e. The summed E-state index contributed by atoms with van der Waals surface area (Å²) in [5, 5.41) is 18.8. The third-order valence-corrected chi connectivity index (χ3v) is 3.37. The SMILES string of the molecule is Cc1c(CC(=O)NC(CC(F)F)C(=O)O)nnn1-c1ccccc1. The number of aliphatic carboxylic acids is 1. The predicted octanol–water partition coefficient (Wildman–Crippen LogP) is 1.34. The Morgan fingerprint density at radius 3 is 2.54 bits per heavy atom. The predicted molar refractivity (Wildman–Crippen MR) is 80.0 cm³/mol. The molecule has 128 valence electrons. The van der Waals surface area contributed by atoms with Gasteiger partial charge in [0, 0.05) is 6.42 Å². The monoisotopic (exact) mass is 338 g/mol. The average molecular weight is 338 g/mol. The van der Waals surface area contributed by atoms with Crippen LogP contribution in [0.15, 0.2) is 30.3 Å². The van der Waals surface area contributed by atoms with Gasteiger partial charge in [0.2, 0.25) is 12.3 Å². The topological polar surface area (TPSA) is 97.1 Å². The van der Waals surface area contributed by atoms with Gasteiger partial charge in [-0.25, -0.2) is 18.3 Å². The highest BCUT2D eigenvalue weighted by Crippen LogP contribution is 2.12. The number of carbonyl (C=O) groups is 2. The molecule has 24 heavy (non-hydrogen) atoms. The van der Waals surface area contributed by atoms with Gasteiger partial charge in [-0.15, -0.1) is 5.10 Å². The van der Waals surface area contributed by atoms with Gasteiger partial charge in [-0.05, 0) is 19.1 Å². The van der Waals surface area contributed by atoms with Crippen molar-refractivity contribution >= 4 is 11.9 Å². The molecule has 1 aromatic heterocycles. The van der Waals surface area contributed by atoms with E-state index in [4.69, 9.17) is 5.11 Å². The summed E-state index contributed by atoms with van der Waals surface area (Å²) >= 11 is 0. The van der Waals surface area contributed by atoms with E-state index in [1.165, 1.54) is 4.68 Å². The molecule has 9 heteroatoms. The van der Waals surface area contributed by atoms with Crippen molar-refractivity contribution in [3.8, 4) is 5.69 Å². The fourth-order valence-corrected chi connectivity index (χ4v) is 2.14. The number of rotatable bonds is 7. The Balaban J connectivity index is 2.07. The van der Waals surface area contributed by atoms with Gasteiger partial charge in [0.15, 0.2) is 0 Å². The minimum Gasteiger partial charge on any atom is -0.480 e. The molecule has 0 fully saturated rings. The number of amides is 1. The van der Waals surface area contributed by atoms with E-state index in [1.807, 2.05) is 30.3 Å². The molecule has 0 saturated heterocycles. The summed E-state index contributed by atoms with van der Waals surface area (Å²) in [7, 11) is 0. The van der Waals surface area contributed by atoms with Crippen LogP contribution >= 0.6 is 0 Å². The normalized spacial score (nSPS) is 12.2. The van der Waals surface area contributed by atoms with Gasteiger partial charge < -0.3 is 10.4 Å². The van der Waals surface area contributed by atoms with Crippen molar-refractivity contribution in [2.24, 2.45) is 0 Å². The molecule has 2 rings (SSSR count). The van der Waals surface area contributed by atoms with Crippen LogP contribution in [0.5, 0.6) is 0 Å². The third-order valence-electron chi connectivity index (χ3n) is 3.37. The summed E-state index contributed by atoms with van der Waals surface area (Å²) in [5.74, 6) is -2.21. The molecule has 1 unspecified atom stereocenters. The van der Waals surface area contributed by atoms with Crippen LogP contribution in [-0.2, 0) is 16.0 Å². The molecule has 0 radical (unpaired) electrons. The Bertz CT molecular complexity index is 719. The van der Waals surface area contributed by atoms with Crippen molar-refractivity contribution in [1.82, 2.24) is 20.3 Å². The van der Waals surface area contributed by atoms with E-state index in [0.29, 0.717) is 11.4 Å². The first kappa shape index (κ1) is 17.5. The van der Waals surface area contributed by atoms with Crippen molar-refractivity contribution in [2.45, 2.75) is 32.2 Å². The van der Waals surface area contributed by atoms with Gasteiger partial charge in [0.25, 0.3) is 0 Å². The second kappa shape index (κ2) is 7.62. The summed E-state index contributed by atoms with van der Waals surface area (Å²) in [6, 6.07) is 7.49. The number of nitrogens with zero attached hydrogens (tertiary/aromatic N) is 3. The maximum atomic E-state index is 12.3.